The summed E-state index contributed by atoms with van der Waals surface area (Å²) in [5.41, 5.74) is 4.61. The summed E-state index contributed by atoms with van der Waals surface area (Å²) < 4.78 is 5.37. The molecule has 2 heterocycles. The maximum absolute atomic E-state index is 12.9. The van der Waals surface area contributed by atoms with Crippen molar-refractivity contribution in [2.75, 3.05) is 19.0 Å². The number of benzene rings is 2. The molecular formula is C22H21N3O2. The molecular weight excluding hydrogens is 338 g/mol. The van der Waals surface area contributed by atoms with Crippen molar-refractivity contribution in [3.63, 3.8) is 0 Å². The van der Waals surface area contributed by atoms with Crippen LogP contribution in [0.2, 0.25) is 0 Å². The summed E-state index contributed by atoms with van der Waals surface area (Å²) in [4.78, 5) is 19.1. The summed E-state index contributed by atoms with van der Waals surface area (Å²) in [6.07, 6.45) is 2.53. The second kappa shape index (κ2) is 7.50. The third-order valence-electron chi connectivity index (χ3n) is 4.78. The summed E-state index contributed by atoms with van der Waals surface area (Å²) in [6.45, 7) is 1.34. The highest BCUT2D eigenvalue weighted by Gasteiger charge is 2.22. The zero-order valence-electron chi connectivity index (χ0n) is 15.2. The van der Waals surface area contributed by atoms with Crippen LogP contribution in [0.4, 0.5) is 11.4 Å². The summed E-state index contributed by atoms with van der Waals surface area (Å²) in [5.74, 6) is 0.697. The molecule has 0 aliphatic carbocycles. The number of aromatic nitrogens is 1. The second-order valence-corrected chi connectivity index (χ2v) is 6.50. The van der Waals surface area contributed by atoms with Crippen molar-refractivity contribution >= 4 is 17.3 Å². The third-order valence-corrected chi connectivity index (χ3v) is 4.78. The average Bonchev–Trinajstić information content (AvgIpc) is 2.73. The lowest BCUT2D eigenvalue weighted by Gasteiger charge is -2.28. The topological polar surface area (TPSA) is 54.5 Å². The molecule has 3 aromatic rings. The van der Waals surface area contributed by atoms with Crippen molar-refractivity contribution < 1.29 is 9.53 Å². The van der Waals surface area contributed by atoms with Gasteiger partial charge in [0.1, 0.15) is 11.4 Å². The number of carbonyl (C=O) groups excluding carboxylic acids is 1. The fraction of sp³-hybridized carbons (Fsp3) is 0.182. The highest BCUT2D eigenvalue weighted by atomic mass is 16.5. The Balaban J connectivity index is 1.53. The molecule has 0 atom stereocenters. The van der Waals surface area contributed by atoms with Crippen molar-refractivity contribution in [2.24, 2.45) is 0 Å². The SMILES string of the molecule is COc1ccccc1Nc1ccnc(C(=O)N2CCc3ccccc3C2)c1. The van der Waals surface area contributed by atoms with Crippen LogP contribution in [0.15, 0.2) is 66.9 Å². The Bertz CT molecular complexity index is 971. The van der Waals surface area contributed by atoms with E-state index in [1.54, 1.807) is 19.4 Å². The van der Waals surface area contributed by atoms with Gasteiger partial charge in [-0.1, -0.05) is 36.4 Å². The quantitative estimate of drug-likeness (QED) is 0.764. The molecule has 0 saturated carbocycles. The van der Waals surface area contributed by atoms with Crippen LogP contribution >= 0.6 is 0 Å². The highest BCUT2D eigenvalue weighted by Crippen LogP contribution is 2.27. The smallest absolute Gasteiger partial charge is 0.272 e. The van der Waals surface area contributed by atoms with Gasteiger partial charge in [0.05, 0.1) is 12.8 Å². The molecule has 0 saturated heterocycles. The molecule has 0 unspecified atom stereocenters. The van der Waals surface area contributed by atoms with Gasteiger partial charge >= 0.3 is 0 Å². The van der Waals surface area contributed by atoms with E-state index in [-0.39, 0.29) is 5.91 Å². The van der Waals surface area contributed by atoms with Gasteiger partial charge in [-0.2, -0.15) is 0 Å². The molecule has 1 N–H and O–H groups in total. The Labute approximate surface area is 158 Å². The maximum Gasteiger partial charge on any atom is 0.272 e. The van der Waals surface area contributed by atoms with Crippen LogP contribution in [-0.4, -0.2) is 29.4 Å². The first-order valence-corrected chi connectivity index (χ1v) is 8.97. The number of rotatable bonds is 4. The van der Waals surface area contributed by atoms with Crippen LogP contribution in [0, 0.1) is 0 Å². The molecule has 4 rings (SSSR count). The van der Waals surface area contributed by atoms with E-state index in [0.29, 0.717) is 18.8 Å². The van der Waals surface area contributed by atoms with Gasteiger partial charge in [0.25, 0.3) is 5.91 Å². The number of amides is 1. The first-order chi connectivity index (χ1) is 13.2. The van der Waals surface area contributed by atoms with E-state index >= 15 is 0 Å². The Hall–Kier alpha value is -3.34. The lowest BCUT2D eigenvalue weighted by Crippen LogP contribution is -2.36. The summed E-state index contributed by atoms with van der Waals surface area (Å²) in [6, 6.07) is 19.6. The zero-order valence-corrected chi connectivity index (χ0v) is 15.2. The standard InChI is InChI=1S/C22H21N3O2/c1-27-21-9-5-4-8-19(21)24-18-10-12-23-20(14-18)22(26)25-13-11-16-6-2-3-7-17(16)15-25/h2-10,12,14H,11,13,15H2,1H3,(H,23,24). The Morgan fingerprint density at radius 3 is 2.70 bits per heavy atom. The number of methoxy groups -OCH3 is 1. The number of ether oxygens (including phenoxy) is 1. The van der Waals surface area contributed by atoms with Gasteiger partial charge in [-0.25, -0.2) is 0 Å². The minimum absolute atomic E-state index is 0.0480. The number of carbonyl (C=O) groups is 1. The van der Waals surface area contributed by atoms with E-state index in [0.717, 1.165) is 23.5 Å². The number of anilines is 2. The van der Waals surface area contributed by atoms with Crippen molar-refractivity contribution in [3.8, 4) is 5.75 Å². The Morgan fingerprint density at radius 2 is 1.85 bits per heavy atom. The monoisotopic (exact) mass is 359 g/mol. The molecule has 5 heteroatoms. The molecule has 2 aromatic carbocycles. The van der Waals surface area contributed by atoms with E-state index < -0.39 is 0 Å². The molecule has 5 nitrogen and oxygen atoms in total. The van der Waals surface area contributed by atoms with Crippen LogP contribution in [0.25, 0.3) is 0 Å². The molecule has 0 bridgehead atoms. The number of nitrogens with zero attached hydrogens (tertiary/aromatic N) is 2. The molecule has 1 amide bonds. The molecule has 1 aromatic heterocycles. The minimum atomic E-state index is -0.0480. The number of para-hydroxylation sites is 2. The Morgan fingerprint density at radius 1 is 1.07 bits per heavy atom. The molecule has 1 aliphatic heterocycles. The van der Waals surface area contributed by atoms with Crippen LogP contribution in [-0.2, 0) is 13.0 Å². The normalized spacial score (nSPS) is 13.0. The number of fused-ring (bicyclic) bond motifs is 1. The van der Waals surface area contributed by atoms with E-state index in [4.69, 9.17) is 4.74 Å². The Kier molecular flexibility index (Phi) is 4.75. The minimum Gasteiger partial charge on any atom is -0.495 e. The first-order valence-electron chi connectivity index (χ1n) is 8.97. The van der Waals surface area contributed by atoms with E-state index in [2.05, 4.69) is 22.4 Å². The van der Waals surface area contributed by atoms with Gasteiger partial charge in [-0.15, -0.1) is 0 Å². The molecule has 0 radical (unpaired) electrons. The van der Waals surface area contributed by atoms with Gasteiger partial charge in [0.2, 0.25) is 0 Å². The maximum atomic E-state index is 12.9. The second-order valence-electron chi connectivity index (χ2n) is 6.50. The zero-order chi connectivity index (χ0) is 18.6. The van der Waals surface area contributed by atoms with Gasteiger partial charge in [0.15, 0.2) is 0 Å². The number of hydrogen-bond acceptors (Lipinski definition) is 4. The highest BCUT2D eigenvalue weighted by molar-refractivity contribution is 5.93. The van der Waals surface area contributed by atoms with Crippen molar-refractivity contribution in [2.45, 2.75) is 13.0 Å². The number of hydrogen-bond donors (Lipinski definition) is 1. The third kappa shape index (κ3) is 3.62. The van der Waals surface area contributed by atoms with Crippen LogP contribution < -0.4 is 10.1 Å². The van der Waals surface area contributed by atoms with Crippen LogP contribution in [0.1, 0.15) is 21.6 Å². The summed E-state index contributed by atoms with van der Waals surface area (Å²) >= 11 is 0. The van der Waals surface area contributed by atoms with Crippen LogP contribution in [0.3, 0.4) is 0 Å². The fourth-order valence-electron chi connectivity index (χ4n) is 3.36. The summed E-state index contributed by atoms with van der Waals surface area (Å²) in [5, 5.41) is 3.30. The molecule has 1 aliphatic rings. The molecule has 27 heavy (non-hydrogen) atoms. The number of nitrogens with one attached hydrogen (secondary N) is 1. The van der Waals surface area contributed by atoms with E-state index in [1.165, 1.54) is 11.1 Å². The average molecular weight is 359 g/mol. The predicted octanol–water partition coefficient (Wildman–Crippen LogP) is 4.03. The fourth-order valence-corrected chi connectivity index (χ4v) is 3.36. The largest absolute Gasteiger partial charge is 0.495 e. The van der Waals surface area contributed by atoms with Crippen molar-refractivity contribution in [1.82, 2.24) is 9.88 Å². The first kappa shape index (κ1) is 17.1. The lowest BCUT2D eigenvalue weighted by atomic mass is 10.00. The van der Waals surface area contributed by atoms with Crippen molar-refractivity contribution in [3.05, 3.63) is 83.7 Å². The van der Waals surface area contributed by atoms with Crippen molar-refractivity contribution in [1.29, 1.82) is 0 Å². The van der Waals surface area contributed by atoms with Gasteiger partial charge < -0.3 is 15.0 Å². The van der Waals surface area contributed by atoms with E-state index in [9.17, 15) is 4.79 Å². The van der Waals surface area contributed by atoms with Crippen LogP contribution in [0.5, 0.6) is 5.75 Å². The predicted molar refractivity (Wildman–Crippen MR) is 105 cm³/mol. The molecule has 136 valence electrons. The van der Waals surface area contributed by atoms with Gasteiger partial charge in [0, 0.05) is 25.0 Å². The van der Waals surface area contributed by atoms with Gasteiger partial charge in [-0.3, -0.25) is 9.78 Å². The lowest BCUT2D eigenvalue weighted by molar-refractivity contribution is 0.0729. The van der Waals surface area contributed by atoms with Gasteiger partial charge in [-0.05, 0) is 41.8 Å². The number of pyridine rings is 1. The molecule has 0 spiro atoms. The van der Waals surface area contributed by atoms with E-state index in [1.807, 2.05) is 47.4 Å². The summed E-state index contributed by atoms with van der Waals surface area (Å²) in [7, 11) is 1.64. The molecule has 0 fully saturated rings.